The summed E-state index contributed by atoms with van der Waals surface area (Å²) in [6, 6.07) is 7.43. The first kappa shape index (κ1) is 20.1. The van der Waals surface area contributed by atoms with E-state index in [1.54, 1.807) is 6.92 Å². The Morgan fingerprint density at radius 2 is 1.90 bits per heavy atom. The number of rotatable bonds is 4. The fraction of sp³-hybridized carbons (Fsp3) is 0.304. The molecule has 1 aromatic heterocycles. The third-order valence-corrected chi connectivity index (χ3v) is 5.60. The summed E-state index contributed by atoms with van der Waals surface area (Å²) in [6.45, 7) is 1.63. The van der Waals surface area contributed by atoms with E-state index >= 15 is 0 Å². The van der Waals surface area contributed by atoms with Crippen LogP contribution in [0.4, 0.5) is 8.78 Å². The van der Waals surface area contributed by atoms with E-state index in [-0.39, 0.29) is 23.6 Å². The molecular formula is C23H21F2NO4. The molecule has 30 heavy (non-hydrogen) atoms. The van der Waals surface area contributed by atoms with Crippen molar-refractivity contribution in [1.29, 1.82) is 0 Å². The van der Waals surface area contributed by atoms with Crippen molar-refractivity contribution in [3.63, 3.8) is 0 Å². The maximum absolute atomic E-state index is 14.1. The molecule has 1 aliphatic rings. The van der Waals surface area contributed by atoms with E-state index < -0.39 is 29.3 Å². The van der Waals surface area contributed by atoms with Crippen LogP contribution >= 0.6 is 0 Å². The topological polar surface area (TPSA) is 68.5 Å². The summed E-state index contributed by atoms with van der Waals surface area (Å²) < 4.78 is 34.5. The number of hydrogen-bond acceptors (Lipinski definition) is 4. The highest BCUT2D eigenvalue weighted by molar-refractivity contribution is 6.05. The van der Waals surface area contributed by atoms with E-state index in [0.717, 1.165) is 37.8 Å². The van der Waals surface area contributed by atoms with Crippen molar-refractivity contribution in [2.75, 3.05) is 0 Å². The number of carbonyl (C=O) groups excluding carboxylic acids is 2. The summed E-state index contributed by atoms with van der Waals surface area (Å²) in [6.07, 6.45) is 3.48. The lowest BCUT2D eigenvalue weighted by Crippen LogP contribution is -2.17. The van der Waals surface area contributed by atoms with E-state index in [2.05, 4.69) is 0 Å². The second-order valence-electron chi connectivity index (χ2n) is 7.61. The molecule has 3 aromatic rings. The lowest BCUT2D eigenvalue weighted by atomic mass is 10.1. The molecule has 0 atom stereocenters. The number of halogens is 2. The molecule has 0 bridgehead atoms. The number of benzene rings is 2. The second-order valence-corrected chi connectivity index (χ2v) is 7.61. The highest BCUT2D eigenvalue weighted by atomic mass is 19.1. The van der Waals surface area contributed by atoms with Crippen LogP contribution in [0.1, 0.15) is 47.3 Å². The van der Waals surface area contributed by atoms with Crippen LogP contribution in [0.5, 0.6) is 5.75 Å². The second kappa shape index (κ2) is 7.89. The highest BCUT2D eigenvalue weighted by Gasteiger charge is 2.25. The quantitative estimate of drug-likeness (QED) is 0.632. The fourth-order valence-corrected chi connectivity index (χ4v) is 4.10. The first-order valence-electron chi connectivity index (χ1n) is 9.87. The van der Waals surface area contributed by atoms with Gasteiger partial charge in [0, 0.05) is 22.7 Å². The van der Waals surface area contributed by atoms with E-state index in [1.807, 2.05) is 0 Å². The van der Waals surface area contributed by atoms with Crippen molar-refractivity contribution in [2.24, 2.45) is 0 Å². The maximum atomic E-state index is 14.1. The van der Waals surface area contributed by atoms with Gasteiger partial charge in [0.2, 0.25) is 0 Å². The van der Waals surface area contributed by atoms with E-state index in [1.165, 1.54) is 28.8 Å². The van der Waals surface area contributed by atoms with Crippen LogP contribution in [-0.2, 0) is 16.0 Å². The van der Waals surface area contributed by atoms with Crippen molar-refractivity contribution >= 4 is 22.8 Å². The zero-order chi connectivity index (χ0) is 21.4. The summed E-state index contributed by atoms with van der Waals surface area (Å²) >= 11 is 0. The monoisotopic (exact) mass is 413 g/mol. The lowest BCUT2D eigenvalue weighted by molar-refractivity contribution is -0.147. The van der Waals surface area contributed by atoms with Gasteiger partial charge in [-0.1, -0.05) is 6.07 Å². The third kappa shape index (κ3) is 3.67. The number of esters is 1. The van der Waals surface area contributed by atoms with E-state index in [4.69, 9.17) is 4.74 Å². The van der Waals surface area contributed by atoms with Gasteiger partial charge >= 0.3 is 5.97 Å². The number of nitrogens with zero attached hydrogens (tertiary/aromatic N) is 1. The Kier molecular flexibility index (Phi) is 5.28. The Labute approximate surface area is 171 Å². The van der Waals surface area contributed by atoms with Gasteiger partial charge in [-0.3, -0.25) is 14.2 Å². The molecule has 0 amide bonds. The minimum Gasteiger partial charge on any atom is -0.505 e. The van der Waals surface area contributed by atoms with Crippen molar-refractivity contribution in [1.82, 2.24) is 4.57 Å². The number of aromatic hydroxyl groups is 1. The van der Waals surface area contributed by atoms with Gasteiger partial charge in [0.1, 0.15) is 11.9 Å². The number of carbonyl (C=O) groups is 2. The molecule has 0 spiro atoms. The van der Waals surface area contributed by atoms with Crippen LogP contribution in [0.2, 0.25) is 0 Å². The van der Waals surface area contributed by atoms with Crippen molar-refractivity contribution in [3.05, 3.63) is 64.9 Å². The Morgan fingerprint density at radius 3 is 2.60 bits per heavy atom. The zero-order valence-electron chi connectivity index (χ0n) is 16.5. The molecule has 1 fully saturated rings. The van der Waals surface area contributed by atoms with Crippen molar-refractivity contribution in [2.45, 2.75) is 45.1 Å². The number of phenolic OH excluding ortho intramolecular Hbond substituents is 1. The minimum atomic E-state index is -0.895. The number of ether oxygens (including phenoxy) is 1. The predicted molar refractivity (Wildman–Crippen MR) is 106 cm³/mol. The average Bonchev–Trinajstić information content (AvgIpc) is 3.29. The highest BCUT2D eigenvalue weighted by Crippen LogP contribution is 2.32. The molecule has 1 saturated carbocycles. The molecule has 0 aliphatic heterocycles. The number of phenols is 1. The van der Waals surface area contributed by atoms with Gasteiger partial charge in [0.15, 0.2) is 11.6 Å². The first-order chi connectivity index (χ1) is 14.3. The largest absolute Gasteiger partial charge is 0.505 e. The number of fused-ring (bicyclic) bond motifs is 1. The van der Waals surface area contributed by atoms with E-state index in [9.17, 15) is 23.5 Å². The van der Waals surface area contributed by atoms with Gasteiger partial charge in [-0.2, -0.15) is 0 Å². The van der Waals surface area contributed by atoms with Crippen molar-refractivity contribution < 1.29 is 28.2 Å². The number of hydrogen-bond donors (Lipinski definition) is 1. The van der Waals surface area contributed by atoms with E-state index in [0.29, 0.717) is 16.6 Å². The Hall–Kier alpha value is -3.22. The maximum Gasteiger partial charge on any atom is 0.310 e. The molecule has 1 aliphatic carbocycles. The molecule has 5 nitrogen and oxygen atoms in total. The Morgan fingerprint density at radius 1 is 1.17 bits per heavy atom. The van der Waals surface area contributed by atoms with Crippen LogP contribution in [0.15, 0.2) is 36.4 Å². The van der Waals surface area contributed by atoms with Crippen LogP contribution < -0.4 is 0 Å². The SMILES string of the molecule is Cc1c(CC(=O)OC2CCCC2)c2cc(O)c(F)cc2n1C(=O)c1cccc(F)c1. The molecule has 7 heteroatoms. The van der Waals surface area contributed by atoms with Gasteiger partial charge in [-0.15, -0.1) is 0 Å². The predicted octanol–water partition coefficient (Wildman–Crippen LogP) is 4.65. The van der Waals surface area contributed by atoms with Crippen LogP contribution in [0.3, 0.4) is 0 Å². The molecule has 0 unspecified atom stereocenters. The van der Waals surface area contributed by atoms with Gasteiger partial charge in [-0.25, -0.2) is 8.78 Å². The molecule has 2 aromatic carbocycles. The van der Waals surface area contributed by atoms with Crippen molar-refractivity contribution in [3.8, 4) is 5.75 Å². The average molecular weight is 413 g/mol. The normalized spacial score (nSPS) is 14.4. The molecule has 0 saturated heterocycles. The van der Waals surface area contributed by atoms with Gasteiger partial charge in [-0.05, 0) is 62.4 Å². The molecule has 156 valence electrons. The zero-order valence-corrected chi connectivity index (χ0v) is 16.5. The van der Waals surface area contributed by atoms with Gasteiger partial charge in [0.25, 0.3) is 5.91 Å². The van der Waals surface area contributed by atoms with Crippen LogP contribution in [0.25, 0.3) is 10.9 Å². The molecule has 0 radical (unpaired) electrons. The van der Waals surface area contributed by atoms with Gasteiger partial charge in [0.05, 0.1) is 11.9 Å². The molecular weight excluding hydrogens is 392 g/mol. The lowest BCUT2D eigenvalue weighted by Gasteiger charge is -2.11. The Balaban J connectivity index is 1.78. The summed E-state index contributed by atoms with van der Waals surface area (Å²) in [5.41, 5.74) is 1.16. The summed E-state index contributed by atoms with van der Waals surface area (Å²) in [5, 5.41) is 10.2. The minimum absolute atomic E-state index is 0.0866. The van der Waals surface area contributed by atoms with Crippen LogP contribution in [0, 0.1) is 18.6 Å². The molecule has 1 heterocycles. The van der Waals surface area contributed by atoms with Gasteiger partial charge < -0.3 is 9.84 Å². The third-order valence-electron chi connectivity index (χ3n) is 5.60. The summed E-state index contributed by atoms with van der Waals surface area (Å²) in [4.78, 5) is 25.6. The number of aromatic nitrogens is 1. The standard InChI is InChI=1S/C23H21F2NO4/c1-13-17(11-22(28)30-16-7-2-3-8-16)18-10-21(27)19(25)12-20(18)26(13)23(29)14-5-4-6-15(24)9-14/h4-6,9-10,12,16,27H,2-3,7-8,11H2,1H3. The Bertz CT molecular complexity index is 1150. The first-order valence-corrected chi connectivity index (χ1v) is 9.87. The summed E-state index contributed by atoms with van der Waals surface area (Å²) in [7, 11) is 0. The fourth-order valence-electron chi connectivity index (χ4n) is 4.10. The molecule has 4 rings (SSSR count). The summed E-state index contributed by atoms with van der Waals surface area (Å²) in [5.74, 6) is -3.04. The molecule has 1 N–H and O–H groups in total. The smallest absolute Gasteiger partial charge is 0.310 e. The van der Waals surface area contributed by atoms with Crippen LogP contribution in [-0.4, -0.2) is 27.7 Å².